The van der Waals surface area contributed by atoms with Crippen molar-refractivity contribution in [2.75, 3.05) is 13.2 Å². The summed E-state index contributed by atoms with van der Waals surface area (Å²) in [6, 6.07) is 0. The van der Waals surface area contributed by atoms with E-state index in [-0.39, 0.29) is 31.1 Å². The van der Waals surface area contributed by atoms with E-state index in [9.17, 15) is 14.4 Å². The SMILES string of the molecule is CC/C=C\C/C=C\C/C=C\C/C=C\C/C=C\C/C=C\C/C=C\CCCCCC(=O)OCC(COC(=O)CCCCCCC/C=C\CCCCC)OC(=O)CCCCCCCCCCCC/C=C\C/C=C\C/C=C\CCCCCCC. The molecule has 0 heterocycles. The van der Waals surface area contributed by atoms with Gasteiger partial charge in [-0.1, -0.05) is 270 Å². The second-order valence-electron chi connectivity index (χ2n) is 21.6. The van der Waals surface area contributed by atoms with Gasteiger partial charge >= 0.3 is 17.9 Å². The fourth-order valence-electron chi connectivity index (χ4n) is 8.89. The topological polar surface area (TPSA) is 78.9 Å². The molecule has 0 saturated carbocycles. The molecule has 6 nitrogen and oxygen atoms in total. The molecule has 6 heteroatoms. The van der Waals surface area contributed by atoms with Crippen LogP contribution in [0.2, 0.25) is 0 Å². The molecule has 0 aromatic heterocycles. The monoisotopic (exact) mass is 1110 g/mol. The van der Waals surface area contributed by atoms with E-state index < -0.39 is 6.10 Å². The Kier molecular flexibility index (Phi) is 63.3. The number of esters is 3. The van der Waals surface area contributed by atoms with E-state index in [1.165, 1.54) is 122 Å². The van der Waals surface area contributed by atoms with Gasteiger partial charge < -0.3 is 14.2 Å². The summed E-state index contributed by atoms with van der Waals surface area (Å²) in [7, 11) is 0. The van der Waals surface area contributed by atoms with Crippen LogP contribution in [0.15, 0.2) is 134 Å². The highest BCUT2D eigenvalue weighted by Gasteiger charge is 2.19. The summed E-state index contributed by atoms with van der Waals surface area (Å²) in [6.07, 6.45) is 94.6. The van der Waals surface area contributed by atoms with Crippen molar-refractivity contribution in [3.05, 3.63) is 134 Å². The Morgan fingerprint density at radius 2 is 0.487 bits per heavy atom. The molecule has 0 aliphatic heterocycles. The maximum atomic E-state index is 12.9. The zero-order chi connectivity index (χ0) is 57.8. The van der Waals surface area contributed by atoms with Crippen LogP contribution in [0.5, 0.6) is 0 Å². The molecule has 0 aliphatic rings. The van der Waals surface area contributed by atoms with Gasteiger partial charge in [0.25, 0.3) is 0 Å². The smallest absolute Gasteiger partial charge is 0.306 e. The molecule has 0 aliphatic carbocycles. The number of hydrogen-bond acceptors (Lipinski definition) is 6. The first-order valence-corrected chi connectivity index (χ1v) is 33.2. The van der Waals surface area contributed by atoms with Gasteiger partial charge in [-0.2, -0.15) is 0 Å². The molecule has 0 amide bonds. The minimum Gasteiger partial charge on any atom is -0.462 e. The second-order valence-corrected chi connectivity index (χ2v) is 21.6. The number of unbranched alkanes of at least 4 members (excludes halogenated alkanes) is 26. The third-order valence-electron chi connectivity index (χ3n) is 13.9. The minimum absolute atomic E-state index is 0.0979. The fraction of sp³-hybridized carbons (Fsp3) is 0.662. The first kappa shape index (κ1) is 75.5. The summed E-state index contributed by atoms with van der Waals surface area (Å²) < 4.78 is 16.9. The number of carbonyl (C=O) groups excluding carboxylic acids is 3. The predicted octanol–water partition coefficient (Wildman–Crippen LogP) is 22.9. The minimum atomic E-state index is -0.804. The van der Waals surface area contributed by atoms with Crippen molar-refractivity contribution in [2.45, 2.75) is 303 Å². The van der Waals surface area contributed by atoms with E-state index in [1.807, 2.05) is 0 Å². The van der Waals surface area contributed by atoms with Crippen molar-refractivity contribution in [1.29, 1.82) is 0 Å². The predicted molar refractivity (Wildman–Crippen MR) is 348 cm³/mol. The lowest BCUT2D eigenvalue weighted by atomic mass is 10.0. The Morgan fingerprint density at radius 1 is 0.263 bits per heavy atom. The van der Waals surface area contributed by atoms with E-state index >= 15 is 0 Å². The second kappa shape index (κ2) is 67.1. The van der Waals surface area contributed by atoms with Gasteiger partial charge in [0.05, 0.1) is 0 Å². The van der Waals surface area contributed by atoms with Crippen molar-refractivity contribution in [3.63, 3.8) is 0 Å². The fourth-order valence-corrected chi connectivity index (χ4v) is 8.89. The number of hydrogen-bond donors (Lipinski definition) is 0. The van der Waals surface area contributed by atoms with Crippen LogP contribution in [-0.2, 0) is 28.6 Å². The molecule has 0 radical (unpaired) electrons. The molecule has 0 spiro atoms. The Labute approximate surface area is 494 Å². The highest BCUT2D eigenvalue weighted by atomic mass is 16.6. The van der Waals surface area contributed by atoms with Gasteiger partial charge in [0.1, 0.15) is 13.2 Å². The lowest BCUT2D eigenvalue weighted by molar-refractivity contribution is -0.167. The van der Waals surface area contributed by atoms with Crippen molar-refractivity contribution in [2.24, 2.45) is 0 Å². The molecule has 0 fully saturated rings. The number of allylic oxidation sites excluding steroid dienone is 22. The summed E-state index contributed by atoms with van der Waals surface area (Å²) >= 11 is 0. The van der Waals surface area contributed by atoms with Crippen molar-refractivity contribution in [1.82, 2.24) is 0 Å². The Morgan fingerprint density at radius 3 is 0.812 bits per heavy atom. The number of carbonyl (C=O) groups is 3. The summed E-state index contributed by atoms with van der Waals surface area (Å²) in [6.45, 7) is 6.46. The molecule has 1 unspecified atom stereocenters. The number of rotatable bonds is 59. The molecular weight excluding hydrogens is 985 g/mol. The molecular formula is C74H122O6. The van der Waals surface area contributed by atoms with E-state index in [2.05, 4.69) is 154 Å². The van der Waals surface area contributed by atoms with Gasteiger partial charge in [-0.05, 0) is 141 Å². The van der Waals surface area contributed by atoms with Crippen LogP contribution in [-0.4, -0.2) is 37.2 Å². The van der Waals surface area contributed by atoms with Gasteiger partial charge in [-0.3, -0.25) is 14.4 Å². The van der Waals surface area contributed by atoms with Crippen molar-refractivity contribution >= 4 is 17.9 Å². The third kappa shape index (κ3) is 64.4. The molecule has 454 valence electrons. The van der Waals surface area contributed by atoms with Gasteiger partial charge in [0.15, 0.2) is 6.10 Å². The Hall–Kier alpha value is -4.45. The van der Waals surface area contributed by atoms with Crippen LogP contribution in [0.25, 0.3) is 0 Å². The van der Waals surface area contributed by atoms with Gasteiger partial charge in [0, 0.05) is 19.3 Å². The molecule has 0 aromatic rings. The molecule has 80 heavy (non-hydrogen) atoms. The van der Waals surface area contributed by atoms with Crippen LogP contribution < -0.4 is 0 Å². The number of ether oxygens (including phenoxy) is 3. The maximum absolute atomic E-state index is 12.9. The lowest BCUT2D eigenvalue weighted by Gasteiger charge is -2.18. The van der Waals surface area contributed by atoms with Crippen molar-refractivity contribution in [3.8, 4) is 0 Å². The van der Waals surface area contributed by atoms with Gasteiger partial charge in [-0.15, -0.1) is 0 Å². The van der Waals surface area contributed by atoms with E-state index in [1.54, 1.807) is 0 Å². The van der Waals surface area contributed by atoms with E-state index in [0.717, 1.165) is 135 Å². The van der Waals surface area contributed by atoms with Crippen LogP contribution >= 0.6 is 0 Å². The summed E-state index contributed by atoms with van der Waals surface area (Å²) in [5.74, 6) is -0.942. The first-order valence-electron chi connectivity index (χ1n) is 33.2. The van der Waals surface area contributed by atoms with Crippen LogP contribution in [0.3, 0.4) is 0 Å². The van der Waals surface area contributed by atoms with Crippen LogP contribution in [0.4, 0.5) is 0 Å². The summed E-state index contributed by atoms with van der Waals surface area (Å²) in [4.78, 5) is 38.3. The molecule has 0 bridgehead atoms. The summed E-state index contributed by atoms with van der Waals surface area (Å²) in [5, 5.41) is 0. The average Bonchev–Trinajstić information content (AvgIpc) is 3.46. The van der Waals surface area contributed by atoms with E-state index in [0.29, 0.717) is 19.3 Å². The van der Waals surface area contributed by atoms with Crippen LogP contribution in [0.1, 0.15) is 297 Å². The zero-order valence-corrected chi connectivity index (χ0v) is 52.0. The quantitative estimate of drug-likeness (QED) is 0.0261. The van der Waals surface area contributed by atoms with Crippen molar-refractivity contribution < 1.29 is 28.6 Å². The molecule has 0 N–H and O–H groups in total. The third-order valence-corrected chi connectivity index (χ3v) is 13.9. The molecule has 1 atom stereocenters. The molecule has 0 aromatic carbocycles. The van der Waals surface area contributed by atoms with Gasteiger partial charge in [0.2, 0.25) is 0 Å². The Balaban J connectivity index is 4.40. The summed E-state index contributed by atoms with van der Waals surface area (Å²) in [5.41, 5.74) is 0. The average molecular weight is 1110 g/mol. The first-order chi connectivity index (χ1) is 39.5. The Bertz CT molecular complexity index is 1700. The van der Waals surface area contributed by atoms with E-state index in [4.69, 9.17) is 14.2 Å². The highest BCUT2D eigenvalue weighted by Crippen LogP contribution is 2.15. The molecule has 0 rings (SSSR count). The largest absolute Gasteiger partial charge is 0.462 e. The van der Waals surface area contributed by atoms with Gasteiger partial charge in [-0.25, -0.2) is 0 Å². The highest BCUT2D eigenvalue weighted by molar-refractivity contribution is 5.71. The maximum Gasteiger partial charge on any atom is 0.306 e. The molecule has 0 saturated heterocycles. The lowest BCUT2D eigenvalue weighted by Crippen LogP contribution is -2.30. The standard InChI is InChI=1S/C74H122O6/c1-4-7-10-13-16-19-22-25-27-29-31-33-35-37-39-41-43-45-47-49-52-55-58-61-64-67-73(76)79-70-71(69-78-72(75)66-63-60-57-54-51-24-21-18-15-12-9-6-3)80-74(77)68-65-62-59-56-53-50-48-46-44-42-40-38-36-34-32-30-28-26-23-20-17-14-11-8-5-2/h7,10,16,18-19,21,23,25-27,30-33,36-39,43,45,49,52,71H,4-6,8-9,11-15,17,20,22,24,28-29,34-35,40-42,44,46-48,50-51,53-70H2,1-3H3/b10-7-,19-16-,21-18-,26-23-,27-25-,32-30-,33-31-,38-36-,39-37-,45-43-,52-49-. The van der Waals surface area contributed by atoms with Crippen LogP contribution in [0, 0.1) is 0 Å². The zero-order valence-electron chi connectivity index (χ0n) is 52.0. The normalized spacial score (nSPS) is 13.0.